The van der Waals surface area contributed by atoms with Gasteiger partial charge in [0.2, 0.25) is 0 Å². The summed E-state index contributed by atoms with van der Waals surface area (Å²) in [5, 5.41) is 0. The highest BCUT2D eigenvalue weighted by molar-refractivity contribution is 5.43. The summed E-state index contributed by atoms with van der Waals surface area (Å²) in [6.45, 7) is 0.926. The highest BCUT2D eigenvalue weighted by Crippen LogP contribution is 2.40. The molecule has 0 atom stereocenters. The zero-order valence-corrected chi connectivity index (χ0v) is 7.10. The van der Waals surface area contributed by atoms with Gasteiger partial charge in [-0.25, -0.2) is 0 Å². The number of allylic oxidation sites excluding steroid dienone is 4. The van der Waals surface area contributed by atoms with E-state index in [2.05, 4.69) is 12.2 Å². The molecule has 2 aliphatic carbocycles. The number of hydrogen-bond acceptors (Lipinski definition) is 1. The SMILES string of the molecule is C1=CC2=C(C1)CC1=C(C2)OCC1. The first-order chi connectivity index (χ1) is 5.93. The predicted molar refractivity (Wildman–Crippen MR) is 47.6 cm³/mol. The van der Waals surface area contributed by atoms with Crippen molar-refractivity contribution in [2.24, 2.45) is 0 Å². The van der Waals surface area contributed by atoms with E-state index in [4.69, 9.17) is 4.74 Å². The summed E-state index contributed by atoms with van der Waals surface area (Å²) in [6.07, 6.45) is 9.16. The van der Waals surface area contributed by atoms with Gasteiger partial charge in [0.1, 0.15) is 0 Å². The minimum Gasteiger partial charge on any atom is -0.497 e. The van der Waals surface area contributed by atoms with E-state index < -0.39 is 0 Å². The van der Waals surface area contributed by atoms with Crippen molar-refractivity contribution in [3.63, 3.8) is 0 Å². The zero-order chi connectivity index (χ0) is 7.97. The summed E-state index contributed by atoms with van der Waals surface area (Å²) in [5.74, 6) is 1.28. The molecule has 0 saturated heterocycles. The maximum Gasteiger partial charge on any atom is 0.1000 e. The normalized spacial score (nSPS) is 26.0. The van der Waals surface area contributed by atoms with E-state index in [1.165, 1.54) is 30.6 Å². The van der Waals surface area contributed by atoms with Crippen molar-refractivity contribution in [1.29, 1.82) is 0 Å². The Labute approximate surface area is 72.4 Å². The topological polar surface area (TPSA) is 9.23 Å². The van der Waals surface area contributed by atoms with Crippen LogP contribution in [0.3, 0.4) is 0 Å². The van der Waals surface area contributed by atoms with E-state index in [0.717, 1.165) is 13.0 Å². The molecule has 0 aromatic heterocycles. The first kappa shape index (κ1) is 6.53. The smallest absolute Gasteiger partial charge is 0.1000 e. The van der Waals surface area contributed by atoms with Gasteiger partial charge in [0, 0.05) is 12.8 Å². The molecule has 3 rings (SSSR count). The molecule has 12 heavy (non-hydrogen) atoms. The summed E-state index contributed by atoms with van der Waals surface area (Å²) in [4.78, 5) is 0. The Bertz CT molecular complexity index is 318. The first-order valence-electron chi connectivity index (χ1n) is 4.64. The summed E-state index contributed by atoms with van der Waals surface area (Å²) in [5.41, 5.74) is 4.73. The molecule has 0 unspecified atom stereocenters. The lowest BCUT2D eigenvalue weighted by Gasteiger charge is -2.15. The molecule has 0 fully saturated rings. The van der Waals surface area contributed by atoms with Crippen molar-refractivity contribution in [1.82, 2.24) is 0 Å². The van der Waals surface area contributed by atoms with Gasteiger partial charge >= 0.3 is 0 Å². The van der Waals surface area contributed by atoms with Crippen molar-refractivity contribution in [3.05, 3.63) is 34.6 Å². The number of hydrogen-bond donors (Lipinski definition) is 0. The third kappa shape index (κ3) is 0.795. The van der Waals surface area contributed by atoms with Crippen LogP contribution in [0.2, 0.25) is 0 Å². The van der Waals surface area contributed by atoms with Crippen LogP contribution in [0.4, 0.5) is 0 Å². The van der Waals surface area contributed by atoms with Crippen molar-refractivity contribution in [3.8, 4) is 0 Å². The average molecular weight is 160 g/mol. The predicted octanol–water partition coefficient (Wildman–Crippen LogP) is 2.71. The Hall–Kier alpha value is -0.980. The molecule has 0 radical (unpaired) electrons. The van der Waals surface area contributed by atoms with E-state index in [9.17, 15) is 0 Å². The van der Waals surface area contributed by atoms with Crippen LogP contribution in [0.5, 0.6) is 0 Å². The minimum absolute atomic E-state index is 0.926. The fraction of sp³-hybridized carbons (Fsp3) is 0.455. The molecule has 0 aromatic carbocycles. The lowest BCUT2D eigenvalue weighted by Crippen LogP contribution is -1.98. The summed E-state index contributed by atoms with van der Waals surface area (Å²) in [7, 11) is 0. The van der Waals surface area contributed by atoms with Crippen LogP contribution >= 0.6 is 0 Å². The van der Waals surface area contributed by atoms with Gasteiger partial charge in [0.25, 0.3) is 0 Å². The third-order valence-electron chi connectivity index (χ3n) is 2.99. The highest BCUT2D eigenvalue weighted by atomic mass is 16.5. The third-order valence-corrected chi connectivity index (χ3v) is 2.99. The van der Waals surface area contributed by atoms with Gasteiger partial charge in [0.15, 0.2) is 0 Å². The molecule has 0 saturated carbocycles. The maximum atomic E-state index is 5.58. The van der Waals surface area contributed by atoms with Gasteiger partial charge in [-0.15, -0.1) is 0 Å². The molecule has 3 aliphatic rings. The van der Waals surface area contributed by atoms with E-state index >= 15 is 0 Å². The van der Waals surface area contributed by atoms with Crippen LogP contribution in [-0.2, 0) is 4.74 Å². The lowest BCUT2D eigenvalue weighted by molar-refractivity contribution is 0.238. The molecular weight excluding hydrogens is 148 g/mol. The molecule has 1 aliphatic heterocycles. The molecule has 1 heteroatoms. The molecule has 1 nitrogen and oxygen atoms in total. The molecule has 0 N–H and O–H groups in total. The van der Waals surface area contributed by atoms with Gasteiger partial charge < -0.3 is 4.74 Å². The Morgan fingerprint density at radius 2 is 2.17 bits per heavy atom. The van der Waals surface area contributed by atoms with Gasteiger partial charge in [-0.2, -0.15) is 0 Å². The van der Waals surface area contributed by atoms with Crippen molar-refractivity contribution < 1.29 is 4.74 Å². The Kier molecular flexibility index (Phi) is 1.23. The summed E-state index contributed by atoms with van der Waals surface area (Å²) >= 11 is 0. The monoisotopic (exact) mass is 160 g/mol. The fourth-order valence-corrected chi connectivity index (χ4v) is 2.29. The van der Waals surface area contributed by atoms with Crippen LogP contribution < -0.4 is 0 Å². The summed E-state index contributed by atoms with van der Waals surface area (Å²) in [6, 6.07) is 0. The number of rotatable bonds is 0. The van der Waals surface area contributed by atoms with E-state index in [1.807, 2.05) is 0 Å². The van der Waals surface area contributed by atoms with Crippen LogP contribution in [0, 0.1) is 0 Å². The molecule has 62 valence electrons. The van der Waals surface area contributed by atoms with E-state index in [-0.39, 0.29) is 0 Å². The van der Waals surface area contributed by atoms with E-state index in [0.29, 0.717) is 0 Å². The minimum atomic E-state index is 0.926. The van der Waals surface area contributed by atoms with Crippen molar-refractivity contribution >= 4 is 0 Å². The van der Waals surface area contributed by atoms with Gasteiger partial charge in [0.05, 0.1) is 12.4 Å². The molecule has 1 heterocycles. The Morgan fingerprint density at radius 3 is 3.17 bits per heavy atom. The molecule has 0 spiro atoms. The van der Waals surface area contributed by atoms with E-state index in [1.54, 1.807) is 11.1 Å². The molecule has 0 amide bonds. The largest absolute Gasteiger partial charge is 0.497 e. The second kappa shape index (κ2) is 2.25. The van der Waals surface area contributed by atoms with Gasteiger partial charge in [-0.1, -0.05) is 17.7 Å². The second-order valence-electron chi connectivity index (χ2n) is 3.71. The maximum absolute atomic E-state index is 5.58. The fourth-order valence-electron chi connectivity index (χ4n) is 2.29. The number of ether oxygens (including phenoxy) is 1. The van der Waals surface area contributed by atoms with Crippen LogP contribution in [0.15, 0.2) is 34.6 Å². The quantitative estimate of drug-likeness (QED) is 0.529. The summed E-state index contributed by atoms with van der Waals surface area (Å²) < 4.78 is 5.58. The van der Waals surface area contributed by atoms with Crippen LogP contribution in [-0.4, -0.2) is 6.61 Å². The van der Waals surface area contributed by atoms with Crippen LogP contribution in [0.1, 0.15) is 25.7 Å². The lowest BCUT2D eigenvalue weighted by atomic mass is 9.91. The van der Waals surface area contributed by atoms with Crippen molar-refractivity contribution in [2.45, 2.75) is 25.7 Å². The second-order valence-corrected chi connectivity index (χ2v) is 3.71. The first-order valence-corrected chi connectivity index (χ1v) is 4.64. The highest BCUT2D eigenvalue weighted by Gasteiger charge is 2.25. The van der Waals surface area contributed by atoms with Crippen LogP contribution in [0.25, 0.3) is 0 Å². The molecule has 0 aromatic rings. The van der Waals surface area contributed by atoms with Gasteiger partial charge in [-0.05, 0) is 24.0 Å². The average Bonchev–Trinajstić information content (AvgIpc) is 2.64. The Balaban J connectivity index is 1.93. The molecular formula is C11H12O. The zero-order valence-electron chi connectivity index (χ0n) is 7.10. The standard InChI is InChI=1S/C11H12O/c1-2-8-6-10-4-5-12-11(10)7-9(8)3-1/h1,3H,2,4-7H2. The van der Waals surface area contributed by atoms with Crippen molar-refractivity contribution in [2.75, 3.05) is 6.61 Å². The van der Waals surface area contributed by atoms with Gasteiger partial charge in [-0.3, -0.25) is 0 Å². The Morgan fingerprint density at radius 1 is 1.17 bits per heavy atom. The molecule has 0 bridgehead atoms.